The average Bonchev–Trinajstić information content (AvgIpc) is 2.62. The van der Waals surface area contributed by atoms with E-state index in [1.807, 2.05) is 12.1 Å². The van der Waals surface area contributed by atoms with Crippen LogP contribution in [-0.4, -0.2) is 24.0 Å². The van der Waals surface area contributed by atoms with Crippen molar-refractivity contribution in [3.8, 4) is 0 Å². The fourth-order valence-electron chi connectivity index (χ4n) is 1.40. The summed E-state index contributed by atoms with van der Waals surface area (Å²) in [5.74, 6) is 0. The maximum absolute atomic E-state index is 7.17. The lowest BCUT2D eigenvalue weighted by atomic mass is 9.98. The van der Waals surface area contributed by atoms with E-state index >= 15 is 0 Å². The number of nitrogens with zero attached hydrogens (tertiary/aromatic N) is 1. The quantitative estimate of drug-likeness (QED) is 0.477. The van der Waals surface area contributed by atoms with Crippen molar-refractivity contribution in [1.82, 2.24) is 9.97 Å². The van der Waals surface area contributed by atoms with Crippen molar-refractivity contribution >= 4 is 36.1 Å². The lowest BCUT2D eigenvalue weighted by Crippen LogP contribution is -2.01. The SMILES string of the molecule is [B]c1cnc2[nH]c(C(C=N)=CN)cc2c1. The van der Waals surface area contributed by atoms with E-state index in [1.54, 1.807) is 6.20 Å². The minimum atomic E-state index is 0.612. The molecule has 4 N–H and O–H groups in total. The summed E-state index contributed by atoms with van der Waals surface area (Å²) in [7, 11) is 5.61. The van der Waals surface area contributed by atoms with Crippen LogP contribution in [-0.2, 0) is 0 Å². The predicted octanol–water partition coefficient (Wildman–Crippen LogP) is 0.306. The Morgan fingerprint density at radius 1 is 1.53 bits per heavy atom. The molecule has 0 unspecified atom stereocenters. The molecule has 5 heteroatoms. The van der Waals surface area contributed by atoms with Crippen LogP contribution in [0, 0.1) is 5.41 Å². The van der Waals surface area contributed by atoms with E-state index in [0.717, 1.165) is 16.7 Å². The number of nitrogens with two attached hydrogens (primary N) is 1. The standard InChI is InChI=1S/C10H9BN4/c11-8-1-6-2-9(7(3-12)4-13)15-10(6)14-5-8/h1-5,12H,13H2,(H,14,15). The highest BCUT2D eigenvalue weighted by molar-refractivity contribution is 6.32. The molecular weight excluding hydrogens is 187 g/mol. The summed E-state index contributed by atoms with van der Waals surface area (Å²) < 4.78 is 0. The van der Waals surface area contributed by atoms with E-state index in [-0.39, 0.29) is 0 Å². The van der Waals surface area contributed by atoms with Crippen molar-refractivity contribution in [2.45, 2.75) is 0 Å². The van der Waals surface area contributed by atoms with Crippen molar-refractivity contribution in [3.63, 3.8) is 0 Å². The van der Waals surface area contributed by atoms with Crippen LogP contribution in [0.1, 0.15) is 5.69 Å². The molecule has 0 aliphatic carbocycles. The Kier molecular flexibility index (Phi) is 2.29. The van der Waals surface area contributed by atoms with E-state index in [1.165, 1.54) is 12.4 Å². The molecule has 0 bridgehead atoms. The summed E-state index contributed by atoms with van der Waals surface area (Å²) in [6.45, 7) is 0. The van der Waals surface area contributed by atoms with Gasteiger partial charge in [-0.05, 0) is 6.07 Å². The van der Waals surface area contributed by atoms with Gasteiger partial charge in [0.1, 0.15) is 13.5 Å². The number of fused-ring (bicyclic) bond motifs is 1. The van der Waals surface area contributed by atoms with Gasteiger partial charge in [-0.2, -0.15) is 0 Å². The summed E-state index contributed by atoms with van der Waals surface area (Å²) in [6.07, 6.45) is 4.15. The number of rotatable bonds is 2. The molecule has 0 aromatic carbocycles. The molecular formula is C10H9BN4. The molecule has 2 rings (SSSR count). The van der Waals surface area contributed by atoms with Gasteiger partial charge in [-0.15, -0.1) is 0 Å². The summed E-state index contributed by atoms with van der Waals surface area (Å²) >= 11 is 0. The minimum absolute atomic E-state index is 0.612. The van der Waals surface area contributed by atoms with Crippen LogP contribution < -0.4 is 11.2 Å². The van der Waals surface area contributed by atoms with Gasteiger partial charge >= 0.3 is 0 Å². The molecule has 2 heterocycles. The molecule has 0 saturated heterocycles. The van der Waals surface area contributed by atoms with Gasteiger partial charge in [-0.1, -0.05) is 11.5 Å². The molecule has 72 valence electrons. The van der Waals surface area contributed by atoms with Gasteiger partial charge in [0.05, 0.1) is 5.69 Å². The highest BCUT2D eigenvalue weighted by atomic mass is 14.9. The Morgan fingerprint density at radius 3 is 3.00 bits per heavy atom. The van der Waals surface area contributed by atoms with Crippen LogP contribution >= 0.6 is 0 Å². The van der Waals surface area contributed by atoms with E-state index in [4.69, 9.17) is 19.0 Å². The number of hydrogen-bond donors (Lipinski definition) is 3. The maximum atomic E-state index is 7.17. The average molecular weight is 196 g/mol. The fourth-order valence-corrected chi connectivity index (χ4v) is 1.40. The molecule has 0 aliphatic heterocycles. The van der Waals surface area contributed by atoms with Crippen molar-refractivity contribution in [2.24, 2.45) is 5.73 Å². The molecule has 4 nitrogen and oxygen atoms in total. The maximum Gasteiger partial charge on any atom is 0.137 e. The monoisotopic (exact) mass is 196 g/mol. The number of aromatic nitrogens is 2. The predicted molar refractivity (Wildman–Crippen MR) is 62.4 cm³/mol. The molecule has 2 radical (unpaired) electrons. The van der Waals surface area contributed by atoms with Crippen molar-refractivity contribution in [3.05, 3.63) is 30.2 Å². The third-order valence-corrected chi connectivity index (χ3v) is 2.14. The number of H-pyrrole nitrogens is 1. The zero-order valence-corrected chi connectivity index (χ0v) is 7.99. The molecule has 0 spiro atoms. The second kappa shape index (κ2) is 3.61. The van der Waals surface area contributed by atoms with Crippen molar-refractivity contribution < 1.29 is 0 Å². The van der Waals surface area contributed by atoms with Crippen LogP contribution in [0.15, 0.2) is 24.5 Å². The highest BCUT2D eigenvalue weighted by Gasteiger charge is 2.04. The van der Waals surface area contributed by atoms with Crippen LogP contribution in [0.2, 0.25) is 0 Å². The third-order valence-electron chi connectivity index (χ3n) is 2.14. The first-order valence-electron chi connectivity index (χ1n) is 4.41. The fraction of sp³-hybridized carbons (Fsp3) is 0. The first kappa shape index (κ1) is 9.52. The number of nitrogens with one attached hydrogen (secondary N) is 2. The Balaban J connectivity index is 2.61. The van der Waals surface area contributed by atoms with Crippen LogP contribution in [0.5, 0.6) is 0 Å². The number of aromatic amines is 1. The molecule has 2 aromatic heterocycles. The summed E-state index contributed by atoms with van der Waals surface area (Å²) in [4.78, 5) is 7.19. The zero-order valence-electron chi connectivity index (χ0n) is 7.99. The zero-order chi connectivity index (χ0) is 10.8. The van der Waals surface area contributed by atoms with E-state index < -0.39 is 0 Å². The van der Waals surface area contributed by atoms with Crippen molar-refractivity contribution in [1.29, 1.82) is 5.41 Å². The Hall–Kier alpha value is -2.04. The van der Waals surface area contributed by atoms with Crippen LogP contribution in [0.25, 0.3) is 16.6 Å². The molecule has 2 aromatic rings. The summed E-state index contributed by atoms with van der Waals surface area (Å²) in [5.41, 5.74) is 8.12. The summed E-state index contributed by atoms with van der Waals surface area (Å²) in [5, 5.41) is 8.08. The second-order valence-corrected chi connectivity index (χ2v) is 3.16. The van der Waals surface area contributed by atoms with Crippen LogP contribution in [0.4, 0.5) is 0 Å². The topological polar surface area (TPSA) is 78.5 Å². The number of hydrogen-bond acceptors (Lipinski definition) is 3. The lowest BCUT2D eigenvalue weighted by molar-refractivity contribution is 1.31. The second-order valence-electron chi connectivity index (χ2n) is 3.16. The van der Waals surface area contributed by atoms with Gasteiger partial charge < -0.3 is 16.1 Å². The Morgan fingerprint density at radius 2 is 2.33 bits per heavy atom. The van der Waals surface area contributed by atoms with Gasteiger partial charge in [0.2, 0.25) is 0 Å². The summed E-state index contributed by atoms with van der Waals surface area (Å²) in [6, 6.07) is 3.68. The molecule has 0 atom stereocenters. The van der Waals surface area contributed by atoms with Gasteiger partial charge in [-0.25, -0.2) is 4.98 Å². The lowest BCUT2D eigenvalue weighted by Gasteiger charge is -1.93. The largest absolute Gasteiger partial charge is 0.404 e. The van der Waals surface area contributed by atoms with Gasteiger partial charge in [0.15, 0.2) is 0 Å². The molecule has 0 amide bonds. The first-order valence-corrected chi connectivity index (χ1v) is 4.41. The molecule has 15 heavy (non-hydrogen) atoms. The Bertz CT molecular complexity index is 541. The van der Waals surface area contributed by atoms with Crippen molar-refractivity contribution in [2.75, 3.05) is 0 Å². The molecule has 0 saturated carbocycles. The van der Waals surface area contributed by atoms with E-state index in [0.29, 0.717) is 11.0 Å². The van der Waals surface area contributed by atoms with Gasteiger partial charge in [0, 0.05) is 29.6 Å². The van der Waals surface area contributed by atoms with E-state index in [2.05, 4.69) is 9.97 Å². The Labute approximate surface area is 88.1 Å². The smallest absolute Gasteiger partial charge is 0.137 e. The van der Waals surface area contributed by atoms with Crippen LogP contribution in [0.3, 0.4) is 0 Å². The van der Waals surface area contributed by atoms with E-state index in [9.17, 15) is 0 Å². The number of allylic oxidation sites excluding steroid dienone is 1. The minimum Gasteiger partial charge on any atom is -0.404 e. The highest BCUT2D eigenvalue weighted by Crippen LogP contribution is 2.16. The first-order chi connectivity index (χ1) is 7.24. The third kappa shape index (κ3) is 1.63. The number of pyridine rings is 1. The molecule has 0 fully saturated rings. The molecule has 0 aliphatic rings. The van der Waals surface area contributed by atoms with Gasteiger partial charge in [-0.3, -0.25) is 0 Å². The van der Waals surface area contributed by atoms with Gasteiger partial charge in [0.25, 0.3) is 0 Å². The normalized spacial score (nSPS) is 11.9.